The zero-order valence-electron chi connectivity index (χ0n) is 12.0. The van der Waals surface area contributed by atoms with E-state index in [9.17, 15) is 8.42 Å². The molecule has 1 aromatic heterocycles. The molecule has 0 aliphatic rings. The van der Waals surface area contributed by atoms with Crippen molar-refractivity contribution in [1.29, 1.82) is 0 Å². The van der Waals surface area contributed by atoms with Gasteiger partial charge in [-0.15, -0.1) is 0 Å². The summed E-state index contributed by atoms with van der Waals surface area (Å²) in [6, 6.07) is 6.72. The average molecular weight is 327 g/mol. The van der Waals surface area contributed by atoms with Gasteiger partial charge in [0.1, 0.15) is 5.75 Å². The fraction of sp³-hybridized carbons (Fsp3) is 0.308. The lowest BCUT2D eigenvalue weighted by Crippen LogP contribution is -2.12. The van der Waals surface area contributed by atoms with Crippen LogP contribution in [0.25, 0.3) is 0 Å². The molecule has 2 rings (SSSR count). The molecule has 0 bridgehead atoms. The quantitative estimate of drug-likeness (QED) is 0.880. The van der Waals surface area contributed by atoms with E-state index in [1.807, 2.05) is 13.8 Å². The van der Waals surface area contributed by atoms with Crippen LogP contribution >= 0.6 is 11.3 Å². The number of rotatable bonds is 5. The first kappa shape index (κ1) is 15.6. The zero-order chi connectivity index (χ0) is 15.6. The molecule has 2 aromatic rings. The number of thiazole rings is 1. The van der Waals surface area contributed by atoms with Crippen LogP contribution in [0.3, 0.4) is 0 Å². The van der Waals surface area contributed by atoms with Crippen LogP contribution in [0, 0.1) is 6.92 Å². The Kier molecular flexibility index (Phi) is 4.38. The van der Waals surface area contributed by atoms with Crippen LogP contribution in [0.5, 0.6) is 5.75 Å². The number of ether oxygens (including phenoxy) is 1. The zero-order valence-corrected chi connectivity index (χ0v) is 13.6. The van der Waals surface area contributed by atoms with Gasteiger partial charge in [-0.05, 0) is 45.0 Å². The minimum atomic E-state index is -3.67. The fourth-order valence-corrected chi connectivity index (χ4v) is 4.09. The van der Waals surface area contributed by atoms with Crippen molar-refractivity contribution in [3.63, 3.8) is 0 Å². The van der Waals surface area contributed by atoms with Gasteiger partial charge in [-0.2, -0.15) is 0 Å². The van der Waals surface area contributed by atoms with Gasteiger partial charge >= 0.3 is 0 Å². The molecule has 0 atom stereocenters. The predicted molar refractivity (Wildman–Crippen MR) is 84.3 cm³/mol. The first-order chi connectivity index (χ1) is 9.78. The number of benzene rings is 1. The number of hydrogen-bond acceptors (Lipinski definition) is 6. The first-order valence-corrected chi connectivity index (χ1v) is 8.60. The van der Waals surface area contributed by atoms with Gasteiger partial charge < -0.3 is 10.5 Å². The number of sulfonamides is 1. The van der Waals surface area contributed by atoms with Crippen molar-refractivity contribution >= 4 is 32.2 Å². The normalized spacial score (nSPS) is 11.6. The van der Waals surface area contributed by atoms with Crippen LogP contribution in [-0.2, 0) is 10.0 Å². The van der Waals surface area contributed by atoms with E-state index in [0.717, 1.165) is 11.3 Å². The summed E-state index contributed by atoms with van der Waals surface area (Å²) in [5, 5.41) is 0.230. The largest absolute Gasteiger partial charge is 0.491 e. The van der Waals surface area contributed by atoms with Gasteiger partial charge in [0.15, 0.2) is 9.34 Å². The van der Waals surface area contributed by atoms with Gasteiger partial charge in [-0.3, -0.25) is 4.72 Å². The maximum absolute atomic E-state index is 12.3. The van der Waals surface area contributed by atoms with E-state index in [1.165, 1.54) is 0 Å². The second kappa shape index (κ2) is 5.90. The van der Waals surface area contributed by atoms with Gasteiger partial charge in [0.25, 0.3) is 10.0 Å². The molecule has 0 saturated carbocycles. The molecule has 6 nitrogen and oxygen atoms in total. The van der Waals surface area contributed by atoms with Crippen molar-refractivity contribution in [2.75, 3.05) is 10.5 Å². The molecule has 21 heavy (non-hydrogen) atoms. The summed E-state index contributed by atoms with van der Waals surface area (Å²) < 4.78 is 32.7. The summed E-state index contributed by atoms with van der Waals surface area (Å²) >= 11 is 0.944. The molecule has 1 aromatic carbocycles. The summed E-state index contributed by atoms with van der Waals surface area (Å²) in [5.74, 6) is 0.686. The average Bonchev–Trinajstić information content (AvgIpc) is 2.71. The van der Waals surface area contributed by atoms with E-state index in [2.05, 4.69) is 9.71 Å². The van der Waals surface area contributed by atoms with Crippen molar-refractivity contribution in [3.05, 3.63) is 30.0 Å². The maximum Gasteiger partial charge on any atom is 0.273 e. The molecular weight excluding hydrogens is 310 g/mol. The third kappa shape index (κ3) is 3.85. The minimum absolute atomic E-state index is 0.0651. The number of anilines is 2. The molecule has 114 valence electrons. The molecule has 0 fully saturated rings. The van der Waals surface area contributed by atoms with Crippen molar-refractivity contribution in [2.45, 2.75) is 31.1 Å². The molecular formula is C13H17N3O3S2. The molecule has 0 unspecified atom stereocenters. The number of aryl methyl sites for hydroxylation is 1. The van der Waals surface area contributed by atoms with Crippen LogP contribution in [-0.4, -0.2) is 19.5 Å². The molecule has 0 aliphatic heterocycles. The highest BCUT2D eigenvalue weighted by molar-refractivity contribution is 7.94. The number of nitrogens with one attached hydrogen (secondary N) is 1. The first-order valence-electron chi connectivity index (χ1n) is 6.30. The Bertz CT molecular complexity index is 722. The standard InChI is InChI=1S/C13H17N3O3S2/c1-8(2)19-11-6-4-10(5-7-11)16-21(17,18)12-9(3)15-13(14)20-12/h4-8,16H,1-3H3,(H2,14,15). The van der Waals surface area contributed by atoms with E-state index in [0.29, 0.717) is 17.1 Å². The van der Waals surface area contributed by atoms with E-state index >= 15 is 0 Å². The smallest absolute Gasteiger partial charge is 0.273 e. The predicted octanol–water partition coefficient (Wildman–Crippen LogP) is 2.62. The van der Waals surface area contributed by atoms with Gasteiger partial charge in [0, 0.05) is 5.69 Å². The Labute approximate surface area is 128 Å². The van der Waals surface area contributed by atoms with Gasteiger partial charge in [0.05, 0.1) is 11.8 Å². The highest BCUT2D eigenvalue weighted by atomic mass is 32.2. The molecule has 8 heteroatoms. The molecule has 3 N–H and O–H groups in total. The second-order valence-corrected chi connectivity index (χ2v) is 7.63. The van der Waals surface area contributed by atoms with Crippen LogP contribution < -0.4 is 15.2 Å². The Balaban J connectivity index is 2.19. The SMILES string of the molecule is Cc1nc(N)sc1S(=O)(=O)Nc1ccc(OC(C)C)cc1. The molecule has 0 aliphatic carbocycles. The Morgan fingerprint density at radius 2 is 1.90 bits per heavy atom. The van der Waals surface area contributed by atoms with Gasteiger partial charge in [-0.1, -0.05) is 11.3 Å². The van der Waals surface area contributed by atoms with E-state index < -0.39 is 10.0 Å². The van der Waals surface area contributed by atoms with Gasteiger partial charge in [0.2, 0.25) is 0 Å². The maximum atomic E-state index is 12.3. The lowest BCUT2D eigenvalue weighted by atomic mass is 10.3. The second-order valence-electron chi connectivity index (χ2n) is 4.72. The van der Waals surface area contributed by atoms with Crippen molar-refractivity contribution in [1.82, 2.24) is 4.98 Å². The van der Waals surface area contributed by atoms with Crippen molar-refractivity contribution in [2.24, 2.45) is 0 Å². The lowest BCUT2D eigenvalue weighted by Gasteiger charge is -2.11. The molecule has 1 heterocycles. The lowest BCUT2D eigenvalue weighted by molar-refractivity contribution is 0.242. The third-order valence-corrected chi connectivity index (χ3v) is 5.47. The summed E-state index contributed by atoms with van der Waals surface area (Å²) in [6.07, 6.45) is 0.0651. The van der Waals surface area contributed by atoms with Gasteiger partial charge in [-0.25, -0.2) is 13.4 Å². The van der Waals surface area contributed by atoms with Crippen LogP contribution in [0.1, 0.15) is 19.5 Å². The van der Waals surface area contributed by atoms with Crippen LogP contribution in [0.4, 0.5) is 10.8 Å². The summed E-state index contributed by atoms with van der Waals surface area (Å²) in [7, 11) is -3.67. The number of hydrogen-bond donors (Lipinski definition) is 2. The third-order valence-electron chi connectivity index (χ3n) is 2.49. The van der Waals surface area contributed by atoms with E-state index in [4.69, 9.17) is 10.5 Å². The Morgan fingerprint density at radius 1 is 1.29 bits per heavy atom. The molecule has 0 saturated heterocycles. The summed E-state index contributed by atoms with van der Waals surface area (Å²) in [5.41, 5.74) is 6.38. The number of nitrogens with two attached hydrogens (primary N) is 1. The van der Waals surface area contributed by atoms with Crippen LogP contribution in [0.2, 0.25) is 0 Å². The highest BCUT2D eigenvalue weighted by Crippen LogP contribution is 2.27. The molecule has 0 amide bonds. The topological polar surface area (TPSA) is 94.3 Å². The minimum Gasteiger partial charge on any atom is -0.491 e. The molecule has 0 radical (unpaired) electrons. The number of aromatic nitrogens is 1. The Hall–Kier alpha value is -1.80. The van der Waals surface area contributed by atoms with E-state index in [-0.39, 0.29) is 15.4 Å². The molecule has 0 spiro atoms. The monoisotopic (exact) mass is 327 g/mol. The van der Waals surface area contributed by atoms with Crippen LogP contribution in [0.15, 0.2) is 28.5 Å². The number of nitrogen functional groups attached to an aromatic ring is 1. The Morgan fingerprint density at radius 3 is 2.38 bits per heavy atom. The van der Waals surface area contributed by atoms with E-state index in [1.54, 1.807) is 31.2 Å². The number of nitrogens with zero attached hydrogens (tertiary/aromatic N) is 1. The fourth-order valence-electron chi connectivity index (χ4n) is 1.73. The van der Waals surface area contributed by atoms with Crippen molar-refractivity contribution in [3.8, 4) is 5.75 Å². The highest BCUT2D eigenvalue weighted by Gasteiger charge is 2.21. The summed E-state index contributed by atoms with van der Waals surface area (Å²) in [4.78, 5) is 3.92. The van der Waals surface area contributed by atoms with Crippen molar-refractivity contribution < 1.29 is 13.2 Å². The summed E-state index contributed by atoms with van der Waals surface area (Å²) in [6.45, 7) is 5.46.